The average Bonchev–Trinajstić information content (AvgIpc) is 3.00. The molecule has 3 nitrogen and oxygen atoms in total. The Hall–Kier alpha value is -1.45. The van der Waals surface area contributed by atoms with E-state index in [9.17, 15) is 0 Å². The Labute approximate surface area is 126 Å². The van der Waals surface area contributed by atoms with E-state index >= 15 is 0 Å². The quantitative estimate of drug-likeness (QED) is 0.909. The summed E-state index contributed by atoms with van der Waals surface area (Å²) < 4.78 is 5.90. The Kier molecular flexibility index (Phi) is 4.51. The highest BCUT2D eigenvalue weighted by Crippen LogP contribution is 2.35. The monoisotopic (exact) mass is 284 g/mol. The third-order valence-electron chi connectivity index (χ3n) is 4.50. The lowest BCUT2D eigenvalue weighted by Gasteiger charge is -2.28. The Morgan fingerprint density at radius 2 is 2.24 bits per heavy atom. The highest BCUT2D eigenvalue weighted by Gasteiger charge is 2.34. The summed E-state index contributed by atoms with van der Waals surface area (Å²) in [5.74, 6) is 0.559. The molecule has 0 aliphatic carbocycles. The second kappa shape index (κ2) is 6.54. The van der Waals surface area contributed by atoms with Gasteiger partial charge in [0.15, 0.2) is 0 Å². The molecule has 0 saturated carbocycles. The Morgan fingerprint density at radius 3 is 3.05 bits per heavy atom. The van der Waals surface area contributed by atoms with Crippen LogP contribution in [0.15, 0.2) is 36.5 Å². The highest BCUT2D eigenvalue weighted by molar-refractivity contribution is 5.79. The van der Waals surface area contributed by atoms with Gasteiger partial charge in [0, 0.05) is 30.1 Å². The van der Waals surface area contributed by atoms with Crippen LogP contribution in [0.1, 0.15) is 38.3 Å². The molecule has 2 aromatic rings. The second-order valence-electron chi connectivity index (χ2n) is 5.76. The third-order valence-corrected chi connectivity index (χ3v) is 4.50. The first kappa shape index (κ1) is 14.5. The van der Waals surface area contributed by atoms with Gasteiger partial charge >= 0.3 is 0 Å². The molecule has 2 heterocycles. The predicted octanol–water partition coefficient (Wildman–Crippen LogP) is 3.70. The van der Waals surface area contributed by atoms with Crippen LogP contribution in [0, 0.1) is 5.92 Å². The number of nitrogens with zero attached hydrogens (tertiary/aromatic N) is 1. The Balaban J connectivity index is 1.94. The van der Waals surface area contributed by atoms with Crippen LogP contribution >= 0.6 is 0 Å². The molecule has 0 bridgehead atoms. The summed E-state index contributed by atoms with van der Waals surface area (Å²) in [6.07, 6.45) is 4.45. The summed E-state index contributed by atoms with van der Waals surface area (Å²) in [5, 5.41) is 4.88. The van der Waals surface area contributed by atoms with Gasteiger partial charge in [-0.3, -0.25) is 4.98 Å². The van der Waals surface area contributed by atoms with Crippen LogP contribution in [0.4, 0.5) is 0 Å². The second-order valence-corrected chi connectivity index (χ2v) is 5.76. The van der Waals surface area contributed by atoms with E-state index in [2.05, 4.69) is 48.4 Å². The summed E-state index contributed by atoms with van der Waals surface area (Å²) in [6.45, 7) is 6.26. The fraction of sp³-hybridized carbons (Fsp3) is 0.500. The fourth-order valence-corrected chi connectivity index (χ4v) is 3.49. The molecule has 1 N–H and O–H groups in total. The van der Waals surface area contributed by atoms with Crippen molar-refractivity contribution in [3.63, 3.8) is 0 Å². The first-order valence-electron chi connectivity index (χ1n) is 8.03. The molecule has 0 amide bonds. The highest BCUT2D eigenvalue weighted by atomic mass is 16.5. The zero-order valence-electron chi connectivity index (χ0n) is 12.9. The van der Waals surface area contributed by atoms with Crippen molar-refractivity contribution in [3.05, 3.63) is 42.1 Å². The van der Waals surface area contributed by atoms with Crippen LogP contribution < -0.4 is 5.32 Å². The molecule has 1 fully saturated rings. The SMILES string of the molecule is CCNC(c1ccc2ncccc2c1)C1CCOC1CC. The number of rotatable bonds is 5. The van der Waals surface area contributed by atoms with Gasteiger partial charge in [-0.05, 0) is 43.1 Å². The summed E-state index contributed by atoms with van der Waals surface area (Å²) in [6, 6.07) is 11.1. The minimum absolute atomic E-state index is 0.368. The molecule has 1 aromatic carbocycles. The number of nitrogens with one attached hydrogen (secondary N) is 1. The lowest BCUT2D eigenvalue weighted by Crippen LogP contribution is -2.32. The summed E-state index contributed by atoms with van der Waals surface area (Å²) in [5.41, 5.74) is 2.41. The van der Waals surface area contributed by atoms with E-state index in [0.717, 1.165) is 31.5 Å². The fourth-order valence-electron chi connectivity index (χ4n) is 3.49. The lowest BCUT2D eigenvalue weighted by atomic mass is 9.86. The van der Waals surface area contributed by atoms with E-state index in [1.807, 2.05) is 12.3 Å². The first-order chi connectivity index (χ1) is 10.3. The van der Waals surface area contributed by atoms with Crippen molar-refractivity contribution in [2.45, 2.75) is 38.8 Å². The number of fused-ring (bicyclic) bond motifs is 1. The number of benzene rings is 1. The Bertz CT molecular complexity index is 599. The van der Waals surface area contributed by atoms with Crippen LogP contribution in [0.5, 0.6) is 0 Å². The van der Waals surface area contributed by atoms with Gasteiger partial charge in [-0.15, -0.1) is 0 Å². The van der Waals surface area contributed by atoms with Gasteiger partial charge in [0.2, 0.25) is 0 Å². The maximum absolute atomic E-state index is 5.90. The molecule has 112 valence electrons. The van der Waals surface area contributed by atoms with E-state index in [1.165, 1.54) is 10.9 Å². The Morgan fingerprint density at radius 1 is 1.33 bits per heavy atom. The lowest BCUT2D eigenvalue weighted by molar-refractivity contribution is 0.0776. The summed E-state index contributed by atoms with van der Waals surface area (Å²) >= 11 is 0. The molecule has 3 atom stereocenters. The summed E-state index contributed by atoms with van der Waals surface area (Å²) in [7, 11) is 0. The van der Waals surface area contributed by atoms with Crippen LogP contribution in [-0.4, -0.2) is 24.2 Å². The minimum atomic E-state index is 0.368. The number of hydrogen-bond donors (Lipinski definition) is 1. The zero-order chi connectivity index (χ0) is 14.7. The molecule has 0 spiro atoms. The molecule has 1 aliphatic rings. The molecule has 1 saturated heterocycles. The standard InChI is InChI=1S/C18H24N2O/c1-3-17-15(9-11-21-17)18(19-4-2)14-7-8-16-13(12-14)6-5-10-20-16/h5-8,10,12,15,17-19H,3-4,9,11H2,1-2H3. The third kappa shape index (κ3) is 2.94. The normalized spacial score (nSPS) is 23.5. The van der Waals surface area contributed by atoms with Gasteiger partial charge in [0.1, 0.15) is 0 Å². The van der Waals surface area contributed by atoms with Gasteiger partial charge in [-0.1, -0.05) is 26.0 Å². The smallest absolute Gasteiger partial charge is 0.0702 e. The van der Waals surface area contributed by atoms with E-state index in [-0.39, 0.29) is 0 Å². The van der Waals surface area contributed by atoms with Crippen molar-refractivity contribution in [3.8, 4) is 0 Å². The molecular formula is C18H24N2O. The summed E-state index contributed by atoms with van der Waals surface area (Å²) in [4.78, 5) is 4.41. The van der Waals surface area contributed by atoms with E-state index in [1.54, 1.807) is 0 Å². The van der Waals surface area contributed by atoms with Crippen molar-refractivity contribution >= 4 is 10.9 Å². The maximum Gasteiger partial charge on any atom is 0.0702 e. The molecule has 1 aromatic heterocycles. The number of ether oxygens (including phenoxy) is 1. The van der Waals surface area contributed by atoms with Gasteiger partial charge in [-0.2, -0.15) is 0 Å². The van der Waals surface area contributed by atoms with E-state index in [0.29, 0.717) is 18.1 Å². The molecule has 0 radical (unpaired) electrons. The largest absolute Gasteiger partial charge is 0.378 e. The van der Waals surface area contributed by atoms with Crippen LogP contribution in [-0.2, 0) is 4.74 Å². The minimum Gasteiger partial charge on any atom is -0.378 e. The number of hydrogen-bond acceptors (Lipinski definition) is 3. The van der Waals surface area contributed by atoms with Crippen molar-refractivity contribution in [1.29, 1.82) is 0 Å². The van der Waals surface area contributed by atoms with Gasteiger partial charge in [0.05, 0.1) is 11.6 Å². The van der Waals surface area contributed by atoms with Gasteiger partial charge < -0.3 is 10.1 Å². The first-order valence-corrected chi connectivity index (χ1v) is 8.03. The van der Waals surface area contributed by atoms with E-state index < -0.39 is 0 Å². The molecule has 1 aliphatic heterocycles. The van der Waals surface area contributed by atoms with Gasteiger partial charge in [-0.25, -0.2) is 0 Å². The zero-order valence-corrected chi connectivity index (χ0v) is 12.9. The number of aromatic nitrogens is 1. The van der Waals surface area contributed by atoms with E-state index in [4.69, 9.17) is 4.74 Å². The van der Waals surface area contributed by atoms with Crippen LogP contribution in [0.25, 0.3) is 10.9 Å². The average molecular weight is 284 g/mol. The van der Waals surface area contributed by atoms with Crippen LogP contribution in [0.3, 0.4) is 0 Å². The van der Waals surface area contributed by atoms with Crippen molar-refractivity contribution in [2.75, 3.05) is 13.2 Å². The topological polar surface area (TPSA) is 34.2 Å². The number of pyridine rings is 1. The molecule has 3 unspecified atom stereocenters. The van der Waals surface area contributed by atoms with Gasteiger partial charge in [0.25, 0.3) is 0 Å². The molecule has 3 rings (SSSR count). The van der Waals surface area contributed by atoms with Crippen molar-refractivity contribution < 1.29 is 4.74 Å². The molecule has 3 heteroatoms. The van der Waals surface area contributed by atoms with Crippen molar-refractivity contribution in [2.24, 2.45) is 5.92 Å². The van der Waals surface area contributed by atoms with Crippen molar-refractivity contribution in [1.82, 2.24) is 10.3 Å². The van der Waals surface area contributed by atoms with Crippen LogP contribution in [0.2, 0.25) is 0 Å². The molecular weight excluding hydrogens is 260 g/mol. The predicted molar refractivity (Wildman–Crippen MR) is 86.3 cm³/mol. The molecule has 21 heavy (non-hydrogen) atoms. The maximum atomic E-state index is 5.90.